The molecule has 6 rings (SSSR count). The molecule has 0 bridgehead atoms. The molecule has 3 aromatic rings. The van der Waals surface area contributed by atoms with Crippen molar-refractivity contribution in [2.45, 2.75) is 25.5 Å². The number of fused-ring (bicyclic) bond motifs is 1. The minimum absolute atomic E-state index is 0.0365. The molecule has 3 aliphatic rings. The van der Waals surface area contributed by atoms with E-state index in [2.05, 4.69) is 4.90 Å². The third kappa shape index (κ3) is 7.29. The predicted octanol–water partition coefficient (Wildman–Crippen LogP) is 5.82. The van der Waals surface area contributed by atoms with Crippen LogP contribution in [0.5, 0.6) is 11.5 Å². The Morgan fingerprint density at radius 2 is 1.83 bits per heavy atom. The summed E-state index contributed by atoms with van der Waals surface area (Å²) >= 11 is 13.3. The number of piperidine rings is 1. The van der Waals surface area contributed by atoms with E-state index in [1.54, 1.807) is 43.5 Å². The van der Waals surface area contributed by atoms with Gasteiger partial charge in [0.1, 0.15) is 23.4 Å². The van der Waals surface area contributed by atoms with E-state index in [1.807, 2.05) is 4.90 Å². The van der Waals surface area contributed by atoms with Gasteiger partial charge in [-0.1, -0.05) is 41.4 Å². The van der Waals surface area contributed by atoms with Crippen LogP contribution in [0.4, 0.5) is 10.1 Å². The van der Waals surface area contributed by atoms with Crippen molar-refractivity contribution in [1.82, 2.24) is 9.80 Å². The fourth-order valence-electron chi connectivity index (χ4n) is 6.33. The number of likely N-dealkylation sites (tertiary alicyclic amines) is 1. The van der Waals surface area contributed by atoms with Crippen LogP contribution in [-0.2, 0) is 16.0 Å². The zero-order chi connectivity index (χ0) is 33.1. The Morgan fingerprint density at radius 3 is 2.55 bits per heavy atom. The minimum atomic E-state index is -1.21. The normalized spacial score (nSPS) is 18.4. The van der Waals surface area contributed by atoms with Gasteiger partial charge in [0.25, 0.3) is 5.91 Å². The number of nitrogens with zero attached hydrogens (tertiary/aromatic N) is 3. The average molecular weight is 689 g/mol. The summed E-state index contributed by atoms with van der Waals surface area (Å²) in [6.07, 6.45) is 1.86. The Morgan fingerprint density at radius 1 is 1.06 bits per heavy atom. The second kappa shape index (κ2) is 14.7. The topological polar surface area (TPSA) is 101 Å². The van der Waals surface area contributed by atoms with Crippen LogP contribution in [0.2, 0.25) is 10.0 Å². The monoisotopic (exact) mass is 687 g/mol. The van der Waals surface area contributed by atoms with Gasteiger partial charge in [-0.2, -0.15) is 0 Å². The van der Waals surface area contributed by atoms with E-state index in [4.69, 9.17) is 42.1 Å². The van der Waals surface area contributed by atoms with Crippen molar-refractivity contribution in [2.75, 3.05) is 71.3 Å². The second-order valence-electron chi connectivity index (χ2n) is 11.8. The standard InChI is InChI=1S/C34H36Cl2FN3O7/c1-44-11-8-38-7-3-5-22(19-38)47-23-14-27(35)31(28(36)15-23)33(41)40-18-21-4-2-6-24(32(21)46-20-40)25-17-30(39-9-12-45-13-10-39)26(34(42)43)16-29(25)37/h2,4,6,14-17,22H,3,5,7-13,18-20H2,1H3,(H,42,43). The summed E-state index contributed by atoms with van der Waals surface area (Å²) in [4.78, 5) is 31.3. The molecule has 10 nitrogen and oxygen atoms in total. The number of hydrogen-bond donors (Lipinski definition) is 1. The number of carboxylic acid groups (broad SMARTS) is 1. The summed E-state index contributed by atoms with van der Waals surface area (Å²) in [7, 11) is 1.68. The first-order valence-corrected chi connectivity index (χ1v) is 16.3. The van der Waals surface area contributed by atoms with E-state index in [-0.39, 0.29) is 46.1 Å². The molecule has 2 saturated heterocycles. The molecule has 1 unspecified atom stereocenters. The highest BCUT2D eigenvalue weighted by Crippen LogP contribution is 2.41. The number of amides is 1. The highest BCUT2D eigenvalue weighted by Gasteiger charge is 2.30. The lowest BCUT2D eigenvalue weighted by Crippen LogP contribution is -2.42. The van der Waals surface area contributed by atoms with Crippen LogP contribution in [0, 0.1) is 5.82 Å². The summed E-state index contributed by atoms with van der Waals surface area (Å²) in [6, 6.07) is 11.1. The number of rotatable bonds is 9. The van der Waals surface area contributed by atoms with Crippen molar-refractivity contribution in [3.63, 3.8) is 0 Å². The number of aromatic carboxylic acids is 1. The summed E-state index contributed by atoms with van der Waals surface area (Å²) in [6.45, 7) is 5.12. The van der Waals surface area contributed by atoms with Gasteiger partial charge in [0.15, 0.2) is 6.73 Å². The lowest BCUT2D eigenvalue weighted by atomic mass is 9.97. The number of morpholine rings is 1. The van der Waals surface area contributed by atoms with Gasteiger partial charge in [0.05, 0.1) is 53.2 Å². The van der Waals surface area contributed by atoms with Gasteiger partial charge >= 0.3 is 5.97 Å². The Kier molecular flexibility index (Phi) is 10.4. The number of para-hydroxylation sites is 1. The van der Waals surface area contributed by atoms with Gasteiger partial charge in [-0.15, -0.1) is 0 Å². The molecular formula is C34H36Cl2FN3O7. The number of methoxy groups -OCH3 is 1. The number of carbonyl (C=O) groups is 2. The smallest absolute Gasteiger partial charge is 0.337 e. The van der Waals surface area contributed by atoms with Crippen LogP contribution in [0.3, 0.4) is 0 Å². The van der Waals surface area contributed by atoms with E-state index in [0.29, 0.717) is 61.2 Å². The molecule has 0 spiro atoms. The van der Waals surface area contributed by atoms with Crippen molar-refractivity contribution in [1.29, 1.82) is 0 Å². The van der Waals surface area contributed by atoms with Crippen molar-refractivity contribution >= 4 is 40.8 Å². The van der Waals surface area contributed by atoms with Gasteiger partial charge in [0, 0.05) is 50.0 Å². The van der Waals surface area contributed by atoms with Crippen molar-refractivity contribution < 1.29 is 38.0 Å². The number of carbonyl (C=O) groups excluding carboxylic acids is 1. The van der Waals surface area contributed by atoms with Crippen molar-refractivity contribution in [3.05, 3.63) is 75.0 Å². The maximum absolute atomic E-state index is 15.5. The molecule has 0 aliphatic carbocycles. The number of hydrogen-bond acceptors (Lipinski definition) is 8. The fraction of sp³-hybridized carbons (Fsp3) is 0.412. The van der Waals surface area contributed by atoms with E-state index in [0.717, 1.165) is 38.5 Å². The number of anilines is 1. The van der Waals surface area contributed by atoms with Crippen LogP contribution in [0.15, 0.2) is 42.5 Å². The second-order valence-corrected chi connectivity index (χ2v) is 12.6. The molecule has 0 saturated carbocycles. The molecule has 1 atom stereocenters. The number of benzene rings is 3. The van der Waals surface area contributed by atoms with Crippen LogP contribution in [-0.4, -0.2) is 99.3 Å². The largest absolute Gasteiger partial charge is 0.489 e. The van der Waals surface area contributed by atoms with Gasteiger partial charge < -0.3 is 33.9 Å². The highest BCUT2D eigenvalue weighted by atomic mass is 35.5. The molecule has 3 heterocycles. The van der Waals surface area contributed by atoms with Crippen molar-refractivity contribution in [3.8, 4) is 22.6 Å². The summed E-state index contributed by atoms with van der Waals surface area (Å²) < 4.78 is 38.4. The van der Waals surface area contributed by atoms with E-state index in [1.165, 1.54) is 4.90 Å². The first-order valence-electron chi connectivity index (χ1n) is 15.5. The fourth-order valence-corrected chi connectivity index (χ4v) is 6.96. The third-order valence-corrected chi connectivity index (χ3v) is 9.27. The number of carboxylic acids is 1. The van der Waals surface area contributed by atoms with Gasteiger partial charge in [-0.3, -0.25) is 9.69 Å². The maximum Gasteiger partial charge on any atom is 0.337 e. The number of halogens is 3. The molecular weight excluding hydrogens is 652 g/mol. The van der Waals surface area contributed by atoms with Gasteiger partial charge in [-0.25, -0.2) is 9.18 Å². The third-order valence-electron chi connectivity index (χ3n) is 8.67. The Labute approximate surface area is 282 Å². The molecule has 13 heteroatoms. The van der Waals surface area contributed by atoms with E-state index in [9.17, 15) is 14.7 Å². The van der Waals surface area contributed by atoms with Gasteiger partial charge in [0.2, 0.25) is 0 Å². The molecule has 47 heavy (non-hydrogen) atoms. The Bertz CT molecular complexity index is 1630. The zero-order valence-electron chi connectivity index (χ0n) is 26.0. The van der Waals surface area contributed by atoms with E-state index < -0.39 is 17.7 Å². The lowest BCUT2D eigenvalue weighted by molar-refractivity contribution is 0.0515. The molecule has 0 radical (unpaired) electrons. The highest BCUT2D eigenvalue weighted by molar-refractivity contribution is 6.39. The zero-order valence-corrected chi connectivity index (χ0v) is 27.5. The summed E-state index contributed by atoms with van der Waals surface area (Å²) in [5.41, 5.74) is 1.74. The first-order chi connectivity index (χ1) is 22.7. The average Bonchev–Trinajstić information content (AvgIpc) is 3.07. The van der Waals surface area contributed by atoms with Crippen LogP contribution in [0.1, 0.15) is 39.1 Å². The SMILES string of the molecule is COCCN1CCCC(Oc2cc(Cl)c(C(=O)N3COc4c(cccc4-c4cc(N5CCOCC5)c(C(=O)O)cc4F)C3)c(Cl)c2)C1. The molecule has 250 valence electrons. The van der Waals surface area contributed by atoms with Crippen molar-refractivity contribution in [2.24, 2.45) is 0 Å². The van der Waals surface area contributed by atoms with Crippen LogP contribution >= 0.6 is 23.2 Å². The number of ether oxygens (including phenoxy) is 4. The Hall–Kier alpha value is -3.61. The van der Waals surface area contributed by atoms with Crippen LogP contribution in [0.25, 0.3) is 11.1 Å². The molecule has 2 fully saturated rings. The Balaban J connectivity index is 1.21. The lowest BCUT2D eigenvalue weighted by Gasteiger charge is -2.33. The quantitative estimate of drug-likeness (QED) is 0.298. The maximum atomic E-state index is 15.5. The van der Waals surface area contributed by atoms with Crippen LogP contribution < -0.4 is 14.4 Å². The molecule has 3 aromatic carbocycles. The molecule has 0 aromatic heterocycles. The summed E-state index contributed by atoms with van der Waals surface area (Å²) in [5.74, 6) is -1.41. The molecule has 1 amide bonds. The summed E-state index contributed by atoms with van der Waals surface area (Å²) in [5, 5.41) is 10.1. The first kappa shape index (κ1) is 33.3. The molecule has 1 N–H and O–H groups in total. The predicted molar refractivity (Wildman–Crippen MR) is 176 cm³/mol. The molecule has 3 aliphatic heterocycles. The minimum Gasteiger partial charge on any atom is -0.489 e. The van der Waals surface area contributed by atoms with Gasteiger partial charge in [-0.05, 0) is 43.7 Å². The van der Waals surface area contributed by atoms with E-state index >= 15 is 4.39 Å².